The number of halogens is 1. The van der Waals surface area contributed by atoms with E-state index in [1.165, 1.54) is 0 Å². The summed E-state index contributed by atoms with van der Waals surface area (Å²) >= 11 is 8.69. The van der Waals surface area contributed by atoms with E-state index < -0.39 is 0 Å². The van der Waals surface area contributed by atoms with Crippen LogP contribution in [0.5, 0.6) is 5.75 Å². The lowest BCUT2D eigenvalue weighted by atomic mass is 10.1. The molecule has 0 aliphatic carbocycles. The zero-order valence-electron chi connectivity index (χ0n) is 12.7. The Bertz CT molecular complexity index is 616. The van der Waals surface area contributed by atoms with Gasteiger partial charge in [0.2, 0.25) is 0 Å². The molecule has 2 rings (SSSR count). The highest BCUT2D eigenvalue weighted by molar-refractivity contribution is 9.10. The summed E-state index contributed by atoms with van der Waals surface area (Å²) in [5, 5.41) is 3.47. The van der Waals surface area contributed by atoms with Gasteiger partial charge in [-0.05, 0) is 49.8 Å². The molecule has 1 heterocycles. The second kappa shape index (κ2) is 7.74. The smallest absolute Gasteiger partial charge is 0.276 e. The van der Waals surface area contributed by atoms with Crippen molar-refractivity contribution in [2.45, 2.75) is 26.7 Å². The van der Waals surface area contributed by atoms with Crippen LogP contribution in [0.1, 0.15) is 32.3 Å². The molecule has 0 unspecified atom stereocenters. The summed E-state index contributed by atoms with van der Waals surface area (Å²) in [6.45, 7) is 5.23. The van der Waals surface area contributed by atoms with Crippen molar-refractivity contribution in [1.82, 2.24) is 10.2 Å². The Morgan fingerprint density at radius 3 is 2.86 bits per heavy atom. The molecule has 0 spiro atoms. The van der Waals surface area contributed by atoms with Crippen molar-refractivity contribution < 1.29 is 9.53 Å². The Labute approximate surface area is 144 Å². The van der Waals surface area contributed by atoms with Crippen molar-refractivity contribution in [2.24, 2.45) is 0 Å². The largest absolute Gasteiger partial charge is 0.493 e. The Morgan fingerprint density at radius 2 is 2.18 bits per heavy atom. The molecule has 0 radical (unpaired) electrons. The Hall–Kier alpha value is -1.40. The van der Waals surface area contributed by atoms with Gasteiger partial charge in [0.15, 0.2) is 5.11 Å². The van der Waals surface area contributed by atoms with E-state index in [0.29, 0.717) is 24.0 Å². The van der Waals surface area contributed by atoms with Crippen molar-refractivity contribution in [3.8, 4) is 5.75 Å². The number of ether oxygens (including phenoxy) is 1. The van der Waals surface area contributed by atoms with Crippen LogP contribution in [0, 0.1) is 0 Å². The molecule has 0 saturated carbocycles. The third kappa shape index (κ3) is 3.87. The maximum absolute atomic E-state index is 12.4. The molecule has 0 atom stereocenters. The second-order valence-electron chi connectivity index (χ2n) is 4.91. The Morgan fingerprint density at radius 1 is 1.41 bits per heavy atom. The summed E-state index contributed by atoms with van der Waals surface area (Å²) in [6, 6.07) is 5.71. The SMILES string of the molecule is CCCCN1C(=O)/C(=C\c2cc(Br)ccc2OCC)NC1=S. The number of hydrogen-bond donors (Lipinski definition) is 1. The lowest BCUT2D eigenvalue weighted by Gasteiger charge is -2.12. The van der Waals surface area contributed by atoms with Crippen LogP contribution < -0.4 is 10.1 Å². The molecule has 1 aromatic rings. The van der Waals surface area contributed by atoms with E-state index in [1.807, 2.05) is 25.1 Å². The number of amides is 1. The van der Waals surface area contributed by atoms with E-state index in [1.54, 1.807) is 11.0 Å². The molecule has 4 nitrogen and oxygen atoms in total. The van der Waals surface area contributed by atoms with Gasteiger partial charge in [0, 0.05) is 16.6 Å². The van der Waals surface area contributed by atoms with Gasteiger partial charge >= 0.3 is 0 Å². The van der Waals surface area contributed by atoms with E-state index in [4.69, 9.17) is 17.0 Å². The first-order valence-corrected chi connectivity index (χ1v) is 8.53. The quantitative estimate of drug-likeness (QED) is 0.601. The monoisotopic (exact) mass is 382 g/mol. The summed E-state index contributed by atoms with van der Waals surface area (Å²) in [4.78, 5) is 14.0. The average molecular weight is 383 g/mol. The molecule has 0 bridgehead atoms. The predicted molar refractivity (Wildman–Crippen MR) is 95.6 cm³/mol. The number of benzene rings is 1. The number of thiocarbonyl (C=S) groups is 1. The highest BCUT2D eigenvalue weighted by Gasteiger charge is 2.30. The van der Waals surface area contributed by atoms with Crippen molar-refractivity contribution >= 4 is 45.2 Å². The summed E-state index contributed by atoms with van der Waals surface area (Å²) in [5.41, 5.74) is 1.33. The van der Waals surface area contributed by atoms with Crippen LogP contribution in [0.2, 0.25) is 0 Å². The number of unbranched alkanes of at least 4 members (excludes halogenated alkanes) is 1. The molecule has 1 amide bonds. The van der Waals surface area contributed by atoms with E-state index in [2.05, 4.69) is 28.2 Å². The first-order chi connectivity index (χ1) is 10.6. The fraction of sp³-hybridized carbons (Fsp3) is 0.375. The van der Waals surface area contributed by atoms with E-state index in [9.17, 15) is 4.79 Å². The molecule has 22 heavy (non-hydrogen) atoms. The molecule has 6 heteroatoms. The van der Waals surface area contributed by atoms with E-state index in [-0.39, 0.29) is 5.91 Å². The van der Waals surface area contributed by atoms with E-state index >= 15 is 0 Å². The third-order valence-electron chi connectivity index (χ3n) is 3.27. The average Bonchev–Trinajstić information content (AvgIpc) is 2.74. The number of hydrogen-bond acceptors (Lipinski definition) is 3. The summed E-state index contributed by atoms with van der Waals surface area (Å²) in [7, 11) is 0. The minimum absolute atomic E-state index is 0.0825. The van der Waals surface area contributed by atoms with Crippen LogP contribution >= 0.6 is 28.1 Å². The van der Waals surface area contributed by atoms with Gasteiger partial charge < -0.3 is 10.1 Å². The summed E-state index contributed by atoms with van der Waals surface area (Å²) < 4.78 is 6.53. The van der Waals surface area contributed by atoms with Crippen LogP contribution in [0.3, 0.4) is 0 Å². The topological polar surface area (TPSA) is 41.6 Å². The molecule has 0 aromatic heterocycles. The molecule has 118 valence electrons. The van der Waals surface area contributed by atoms with Gasteiger partial charge in [-0.1, -0.05) is 29.3 Å². The molecule has 1 fully saturated rings. The summed E-state index contributed by atoms with van der Waals surface area (Å²) in [5.74, 6) is 0.659. The third-order valence-corrected chi connectivity index (χ3v) is 4.08. The highest BCUT2D eigenvalue weighted by Crippen LogP contribution is 2.26. The van der Waals surface area contributed by atoms with Gasteiger partial charge in [0.05, 0.1) is 6.61 Å². The Kier molecular flexibility index (Phi) is 5.97. The first kappa shape index (κ1) is 17.0. The summed E-state index contributed by atoms with van der Waals surface area (Å²) in [6.07, 6.45) is 3.74. The number of nitrogens with zero attached hydrogens (tertiary/aromatic N) is 1. The molecular formula is C16H19BrN2O2S. The van der Waals surface area contributed by atoms with Crippen molar-refractivity contribution in [3.63, 3.8) is 0 Å². The van der Waals surface area contributed by atoms with Gasteiger partial charge in [-0.3, -0.25) is 9.69 Å². The second-order valence-corrected chi connectivity index (χ2v) is 6.22. The van der Waals surface area contributed by atoms with Gasteiger partial charge in [0.1, 0.15) is 11.4 Å². The van der Waals surface area contributed by atoms with Crippen LogP contribution in [0.15, 0.2) is 28.4 Å². The van der Waals surface area contributed by atoms with Crippen LogP contribution in [-0.2, 0) is 4.79 Å². The van der Waals surface area contributed by atoms with Gasteiger partial charge in [-0.25, -0.2) is 0 Å². The van der Waals surface area contributed by atoms with Crippen LogP contribution in [-0.4, -0.2) is 29.1 Å². The fourth-order valence-electron chi connectivity index (χ4n) is 2.17. The number of carbonyl (C=O) groups is 1. The van der Waals surface area contributed by atoms with Gasteiger partial charge in [-0.2, -0.15) is 0 Å². The molecule has 1 aliphatic heterocycles. The van der Waals surface area contributed by atoms with Crippen LogP contribution in [0.25, 0.3) is 6.08 Å². The molecular weight excluding hydrogens is 364 g/mol. The normalized spacial score (nSPS) is 16.3. The number of nitrogens with one attached hydrogen (secondary N) is 1. The van der Waals surface area contributed by atoms with E-state index in [0.717, 1.165) is 28.6 Å². The zero-order chi connectivity index (χ0) is 16.1. The number of carbonyl (C=O) groups excluding carboxylic acids is 1. The minimum atomic E-state index is -0.0825. The van der Waals surface area contributed by atoms with Crippen molar-refractivity contribution in [2.75, 3.05) is 13.2 Å². The van der Waals surface area contributed by atoms with Crippen LogP contribution in [0.4, 0.5) is 0 Å². The predicted octanol–water partition coefficient (Wildman–Crippen LogP) is 3.71. The lowest BCUT2D eigenvalue weighted by Crippen LogP contribution is -2.31. The molecule has 1 saturated heterocycles. The standard InChI is InChI=1S/C16H19BrN2O2S/c1-3-5-8-19-15(20)13(18-16(19)22)10-11-9-12(17)6-7-14(11)21-4-2/h6-7,9-10H,3-5,8H2,1-2H3,(H,18,22)/b13-10+. The molecule has 1 aliphatic rings. The molecule has 1 aromatic carbocycles. The highest BCUT2D eigenvalue weighted by atomic mass is 79.9. The fourth-order valence-corrected chi connectivity index (χ4v) is 2.83. The van der Waals surface area contributed by atoms with Gasteiger partial charge in [0.25, 0.3) is 5.91 Å². The number of rotatable bonds is 6. The minimum Gasteiger partial charge on any atom is -0.493 e. The molecule has 1 N–H and O–H groups in total. The Balaban J connectivity index is 2.28. The van der Waals surface area contributed by atoms with Crippen molar-refractivity contribution in [3.05, 3.63) is 33.9 Å². The van der Waals surface area contributed by atoms with Crippen molar-refractivity contribution in [1.29, 1.82) is 0 Å². The van der Waals surface area contributed by atoms with Gasteiger partial charge in [-0.15, -0.1) is 0 Å². The maximum atomic E-state index is 12.4. The lowest BCUT2D eigenvalue weighted by molar-refractivity contribution is -0.122. The zero-order valence-corrected chi connectivity index (χ0v) is 15.1. The maximum Gasteiger partial charge on any atom is 0.276 e. The first-order valence-electron chi connectivity index (χ1n) is 7.33.